The zero-order valence-corrected chi connectivity index (χ0v) is 16.0. The number of hydrogen-bond acceptors (Lipinski definition) is 3. The second-order valence-corrected chi connectivity index (χ2v) is 7.30. The van der Waals surface area contributed by atoms with E-state index in [-0.39, 0.29) is 11.5 Å². The van der Waals surface area contributed by atoms with E-state index in [9.17, 15) is 9.59 Å². The number of aryl methyl sites for hydroxylation is 1. The maximum atomic E-state index is 12.2. The first-order chi connectivity index (χ1) is 11.9. The van der Waals surface area contributed by atoms with Gasteiger partial charge in [-0.25, -0.2) is 0 Å². The number of rotatable bonds is 7. The van der Waals surface area contributed by atoms with Crippen molar-refractivity contribution in [2.75, 3.05) is 12.3 Å². The van der Waals surface area contributed by atoms with Gasteiger partial charge in [0.1, 0.15) is 0 Å². The number of nitrogens with one attached hydrogen (secondary N) is 1. The third kappa shape index (κ3) is 5.14. The van der Waals surface area contributed by atoms with Crippen molar-refractivity contribution in [2.24, 2.45) is 5.73 Å². The quantitative estimate of drug-likeness (QED) is 0.692. The normalized spacial score (nSPS) is 10.5. The third-order valence-electron chi connectivity index (χ3n) is 3.58. The number of benzene rings is 2. The molecule has 0 aromatic heterocycles. The lowest BCUT2D eigenvalue weighted by molar-refractivity contribution is 0.0955. The molecule has 0 saturated heterocycles. The summed E-state index contributed by atoms with van der Waals surface area (Å²) in [7, 11) is 0. The minimum Gasteiger partial charge on any atom is -0.366 e. The van der Waals surface area contributed by atoms with Crippen LogP contribution in [0.1, 0.15) is 31.8 Å². The van der Waals surface area contributed by atoms with Gasteiger partial charge in [0, 0.05) is 23.6 Å². The first-order valence-corrected chi connectivity index (χ1v) is 9.51. The van der Waals surface area contributed by atoms with E-state index in [2.05, 4.69) is 5.32 Å². The maximum Gasteiger partial charge on any atom is 0.254 e. The molecule has 0 radical (unpaired) electrons. The molecule has 2 aromatic rings. The molecule has 0 aliphatic carbocycles. The summed E-state index contributed by atoms with van der Waals surface area (Å²) in [5.41, 5.74) is 8.07. The predicted octanol–water partition coefficient (Wildman–Crippen LogP) is 4.06. The highest BCUT2D eigenvalue weighted by Gasteiger charge is 2.14. The second-order valence-electron chi connectivity index (χ2n) is 5.38. The van der Waals surface area contributed by atoms with Crippen molar-refractivity contribution < 1.29 is 9.59 Å². The van der Waals surface area contributed by atoms with Crippen LogP contribution in [0.15, 0.2) is 36.4 Å². The van der Waals surface area contributed by atoms with Gasteiger partial charge in [-0.15, -0.1) is 0 Å². The molecular formula is C18H18Cl2N2O2S. The highest BCUT2D eigenvalue weighted by atomic mass is 35.5. The fourth-order valence-corrected chi connectivity index (χ4v) is 3.84. The van der Waals surface area contributed by atoms with Crippen LogP contribution in [0, 0.1) is 6.92 Å². The predicted molar refractivity (Wildman–Crippen MR) is 105 cm³/mol. The Bertz CT molecular complexity index is 776. The summed E-state index contributed by atoms with van der Waals surface area (Å²) in [6.07, 6.45) is 0. The topological polar surface area (TPSA) is 72.2 Å². The van der Waals surface area contributed by atoms with E-state index in [0.29, 0.717) is 33.7 Å². The molecule has 7 heteroatoms. The zero-order chi connectivity index (χ0) is 18.4. The van der Waals surface area contributed by atoms with Gasteiger partial charge in [-0.05, 0) is 30.2 Å². The highest BCUT2D eigenvalue weighted by Crippen LogP contribution is 2.24. The summed E-state index contributed by atoms with van der Waals surface area (Å²) in [5.74, 6) is 0.600. The Morgan fingerprint density at radius 3 is 2.36 bits per heavy atom. The summed E-state index contributed by atoms with van der Waals surface area (Å²) in [6, 6.07) is 10.6. The van der Waals surface area contributed by atoms with E-state index in [1.807, 2.05) is 25.1 Å². The molecule has 0 atom stereocenters. The molecule has 0 unspecified atom stereocenters. The molecule has 3 N–H and O–H groups in total. The van der Waals surface area contributed by atoms with Crippen molar-refractivity contribution in [3.05, 3.63) is 68.7 Å². The van der Waals surface area contributed by atoms with Crippen molar-refractivity contribution in [3.63, 3.8) is 0 Å². The van der Waals surface area contributed by atoms with Crippen LogP contribution in [-0.2, 0) is 5.75 Å². The minimum atomic E-state index is -0.421. The summed E-state index contributed by atoms with van der Waals surface area (Å²) < 4.78 is 0. The van der Waals surface area contributed by atoms with Crippen LogP contribution in [0.4, 0.5) is 0 Å². The summed E-state index contributed by atoms with van der Waals surface area (Å²) in [4.78, 5) is 23.7. The van der Waals surface area contributed by atoms with Crippen molar-refractivity contribution in [1.29, 1.82) is 0 Å². The molecule has 4 nitrogen and oxygen atoms in total. The lowest BCUT2D eigenvalue weighted by Crippen LogP contribution is -2.26. The average molecular weight is 397 g/mol. The largest absolute Gasteiger partial charge is 0.366 e. The standard InChI is InChI=1S/C18H18Cl2N2O2S/c1-11-4-2-5-12(15(11)17(21)23)10-25-9-8-22-18(24)16-13(19)6-3-7-14(16)20/h2-7H,8-10H2,1H3,(H2,21,23)(H,22,24). The van der Waals surface area contributed by atoms with Gasteiger partial charge in [0.2, 0.25) is 5.91 Å². The third-order valence-corrected chi connectivity index (χ3v) is 5.22. The summed E-state index contributed by atoms with van der Waals surface area (Å²) in [6.45, 7) is 2.32. The van der Waals surface area contributed by atoms with E-state index in [4.69, 9.17) is 28.9 Å². The average Bonchev–Trinajstić information content (AvgIpc) is 2.54. The van der Waals surface area contributed by atoms with E-state index in [1.165, 1.54) is 0 Å². The van der Waals surface area contributed by atoms with Crippen LogP contribution in [0.5, 0.6) is 0 Å². The van der Waals surface area contributed by atoms with Gasteiger partial charge in [0.15, 0.2) is 0 Å². The number of nitrogens with two attached hydrogens (primary N) is 1. The van der Waals surface area contributed by atoms with E-state index in [0.717, 1.165) is 11.1 Å². The molecule has 0 fully saturated rings. The number of halogens is 2. The van der Waals surface area contributed by atoms with Gasteiger partial charge in [-0.2, -0.15) is 11.8 Å². The van der Waals surface area contributed by atoms with Crippen molar-refractivity contribution >= 4 is 46.8 Å². The van der Waals surface area contributed by atoms with Gasteiger partial charge < -0.3 is 11.1 Å². The van der Waals surface area contributed by atoms with Crippen molar-refractivity contribution in [3.8, 4) is 0 Å². The van der Waals surface area contributed by atoms with Gasteiger partial charge >= 0.3 is 0 Å². The minimum absolute atomic E-state index is 0.283. The molecule has 0 bridgehead atoms. The summed E-state index contributed by atoms with van der Waals surface area (Å²) >= 11 is 13.6. The van der Waals surface area contributed by atoms with Crippen molar-refractivity contribution in [2.45, 2.75) is 12.7 Å². The SMILES string of the molecule is Cc1cccc(CSCCNC(=O)c2c(Cl)cccc2Cl)c1C(N)=O. The van der Waals surface area contributed by atoms with Crippen LogP contribution in [0.25, 0.3) is 0 Å². The Morgan fingerprint density at radius 1 is 1.08 bits per heavy atom. The Labute approximate surface area is 161 Å². The van der Waals surface area contributed by atoms with E-state index in [1.54, 1.807) is 30.0 Å². The Balaban J connectivity index is 1.86. The molecule has 2 rings (SSSR count). The van der Waals surface area contributed by atoms with Gasteiger partial charge in [-0.3, -0.25) is 9.59 Å². The van der Waals surface area contributed by atoms with Crippen LogP contribution >= 0.6 is 35.0 Å². The van der Waals surface area contributed by atoms with Crippen LogP contribution < -0.4 is 11.1 Å². The number of carbonyl (C=O) groups excluding carboxylic acids is 2. The highest BCUT2D eigenvalue weighted by molar-refractivity contribution is 7.98. The Morgan fingerprint density at radius 2 is 1.72 bits per heavy atom. The fourth-order valence-electron chi connectivity index (χ4n) is 2.42. The van der Waals surface area contributed by atoms with Gasteiger partial charge in [-0.1, -0.05) is 47.5 Å². The number of carbonyl (C=O) groups is 2. The molecule has 2 aromatic carbocycles. The number of hydrogen-bond donors (Lipinski definition) is 2. The lowest BCUT2D eigenvalue weighted by Gasteiger charge is -2.10. The van der Waals surface area contributed by atoms with Gasteiger partial charge in [0.25, 0.3) is 5.91 Å². The number of primary amides is 1. The molecule has 0 heterocycles. The van der Waals surface area contributed by atoms with Crippen molar-refractivity contribution in [1.82, 2.24) is 5.32 Å². The van der Waals surface area contributed by atoms with Crippen LogP contribution in [0.2, 0.25) is 10.0 Å². The summed E-state index contributed by atoms with van der Waals surface area (Å²) in [5, 5.41) is 3.44. The fraction of sp³-hybridized carbons (Fsp3) is 0.222. The zero-order valence-electron chi connectivity index (χ0n) is 13.6. The first-order valence-electron chi connectivity index (χ1n) is 7.60. The maximum absolute atomic E-state index is 12.2. The second kappa shape index (κ2) is 9.13. The molecule has 25 heavy (non-hydrogen) atoms. The monoisotopic (exact) mass is 396 g/mol. The lowest BCUT2D eigenvalue weighted by atomic mass is 10.0. The Kier molecular flexibility index (Phi) is 7.17. The van der Waals surface area contributed by atoms with Crippen LogP contribution in [-0.4, -0.2) is 24.1 Å². The molecule has 132 valence electrons. The molecule has 0 spiro atoms. The van der Waals surface area contributed by atoms with E-state index >= 15 is 0 Å². The first kappa shape index (κ1) is 19.6. The van der Waals surface area contributed by atoms with E-state index < -0.39 is 5.91 Å². The molecule has 2 amide bonds. The van der Waals surface area contributed by atoms with Crippen LogP contribution in [0.3, 0.4) is 0 Å². The molecular weight excluding hydrogens is 379 g/mol. The number of amides is 2. The molecule has 0 aliphatic rings. The van der Waals surface area contributed by atoms with Gasteiger partial charge in [0.05, 0.1) is 15.6 Å². The number of thioether (sulfide) groups is 1. The smallest absolute Gasteiger partial charge is 0.254 e. The molecule has 0 saturated carbocycles. The molecule has 0 aliphatic heterocycles. The Hall–Kier alpha value is -1.69.